The summed E-state index contributed by atoms with van der Waals surface area (Å²) >= 11 is 0. The van der Waals surface area contributed by atoms with E-state index in [2.05, 4.69) is 10.4 Å². The molecule has 2 aromatic rings. The Morgan fingerprint density at radius 1 is 1.47 bits per heavy atom. The highest BCUT2D eigenvalue weighted by Crippen LogP contribution is 2.11. The van der Waals surface area contributed by atoms with E-state index in [9.17, 15) is 9.18 Å². The van der Waals surface area contributed by atoms with Gasteiger partial charge in [0.05, 0.1) is 17.4 Å². The Hall–Kier alpha value is -2.17. The van der Waals surface area contributed by atoms with Crippen molar-refractivity contribution in [1.29, 1.82) is 0 Å². The van der Waals surface area contributed by atoms with Crippen molar-refractivity contribution in [2.75, 3.05) is 5.32 Å². The van der Waals surface area contributed by atoms with Crippen LogP contribution in [0.5, 0.6) is 0 Å². The number of anilines is 1. The lowest BCUT2D eigenvalue weighted by atomic mass is 10.2. The molecule has 1 amide bonds. The summed E-state index contributed by atoms with van der Waals surface area (Å²) in [6.45, 7) is 2.66. The molecule has 0 atom stereocenters. The first kappa shape index (κ1) is 11.3. The molecule has 88 valence electrons. The number of benzene rings is 1. The van der Waals surface area contributed by atoms with Gasteiger partial charge in [-0.05, 0) is 19.1 Å². The number of halogens is 1. The third-order valence-electron chi connectivity index (χ3n) is 2.33. The Morgan fingerprint density at radius 3 is 2.88 bits per heavy atom. The van der Waals surface area contributed by atoms with Gasteiger partial charge in [-0.15, -0.1) is 0 Å². The lowest BCUT2D eigenvalue weighted by Gasteiger charge is -2.02. The van der Waals surface area contributed by atoms with E-state index in [1.165, 1.54) is 18.3 Å². The molecular formula is C12H12FN3O. The van der Waals surface area contributed by atoms with Gasteiger partial charge in [-0.1, -0.05) is 12.1 Å². The fourth-order valence-electron chi connectivity index (χ4n) is 1.44. The first-order chi connectivity index (χ1) is 8.20. The fourth-order valence-corrected chi connectivity index (χ4v) is 1.44. The van der Waals surface area contributed by atoms with Crippen LogP contribution in [0, 0.1) is 5.82 Å². The van der Waals surface area contributed by atoms with Crippen molar-refractivity contribution in [3.8, 4) is 0 Å². The van der Waals surface area contributed by atoms with Crippen LogP contribution in [0.4, 0.5) is 10.1 Å². The first-order valence-corrected chi connectivity index (χ1v) is 5.29. The molecule has 0 aliphatic heterocycles. The van der Waals surface area contributed by atoms with Crippen LogP contribution in [0.3, 0.4) is 0 Å². The van der Waals surface area contributed by atoms with E-state index in [4.69, 9.17) is 0 Å². The molecule has 1 heterocycles. The number of carbonyl (C=O) groups excluding carboxylic acids is 1. The van der Waals surface area contributed by atoms with Crippen molar-refractivity contribution in [2.45, 2.75) is 13.5 Å². The second-order valence-electron chi connectivity index (χ2n) is 3.52. The zero-order valence-corrected chi connectivity index (χ0v) is 9.35. The van der Waals surface area contributed by atoms with E-state index in [1.807, 2.05) is 6.92 Å². The van der Waals surface area contributed by atoms with Crippen molar-refractivity contribution < 1.29 is 9.18 Å². The Labute approximate surface area is 98.1 Å². The number of amides is 1. The van der Waals surface area contributed by atoms with E-state index in [0.29, 0.717) is 5.69 Å². The number of nitrogens with zero attached hydrogens (tertiary/aromatic N) is 2. The molecule has 0 fully saturated rings. The van der Waals surface area contributed by atoms with Crippen LogP contribution in [0.15, 0.2) is 36.7 Å². The highest BCUT2D eigenvalue weighted by molar-refractivity contribution is 6.04. The molecule has 0 radical (unpaired) electrons. The van der Waals surface area contributed by atoms with Crippen molar-refractivity contribution >= 4 is 11.6 Å². The Kier molecular flexibility index (Phi) is 3.18. The van der Waals surface area contributed by atoms with Gasteiger partial charge in [-0.3, -0.25) is 9.48 Å². The quantitative estimate of drug-likeness (QED) is 0.884. The maximum absolute atomic E-state index is 13.3. The van der Waals surface area contributed by atoms with E-state index in [1.54, 1.807) is 23.0 Å². The van der Waals surface area contributed by atoms with Crippen LogP contribution in [-0.2, 0) is 6.54 Å². The van der Waals surface area contributed by atoms with Crippen molar-refractivity contribution in [1.82, 2.24) is 9.78 Å². The molecule has 0 saturated carbocycles. The maximum atomic E-state index is 13.3. The molecule has 5 heteroatoms. The van der Waals surface area contributed by atoms with Gasteiger partial charge in [-0.25, -0.2) is 4.39 Å². The number of hydrogen-bond acceptors (Lipinski definition) is 2. The number of rotatable bonds is 3. The van der Waals surface area contributed by atoms with Crippen LogP contribution < -0.4 is 5.32 Å². The smallest absolute Gasteiger partial charge is 0.258 e. The number of carbonyl (C=O) groups is 1. The maximum Gasteiger partial charge on any atom is 0.258 e. The molecule has 0 saturated heterocycles. The summed E-state index contributed by atoms with van der Waals surface area (Å²) in [7, 11) is 0. The summed E-state index contributed by atoms with van der Waals surface area (Å²) in [5.41, 5.74) is 0.580. The van der Waals surface area contributed by atoms with Crippen molar-refractivity contribution in [2.24, 2.45) is 0 Å². The molecule has 1 N–H and O–H groups in total. The molecular weight excluding hydrogens is 221 g/mol. The zero-order chi connectivity index (χ0) is 12.3. The van der Waals surface area contributed by atoms with Crippen LogP contribution in [0.1, 0.15) is 17.3 Å². The largest absolute Gasteiger partial charge is 0.319 e. The van der Waals surface area contributed by atoms with Gasteiger partial charge in [0, 0.05) is 12.7 Å². The van der Waals surface area contributed by atoms with Crippen LogP contribution in [0.25, 0.3) is 0 Å². The number of nitrogens with one attached hydrogen (secondary N) is 1. The minimum Gasteiger partial charge on any atom is -0.319 e. The predicted molar refractivity (Wildman–Crippen MR) is 62.3 cm³/mol. The van der Waals surface area contributed by atoms with Crippen LogP contribution in [0.2, 0.25) is 0 Å². The first-order valence-electron chi connectivity index (χ1n) is 5.29. The highest BCUT2D eigenvalue weighted by Gasteiger charge is 2.11. The number of hydrogen-bond donors (Lipinski definition) is 1. The molecule has 0 spiro atoms. The predicted octanol–water partition coefficient (Wildman–Crippen LogP) is 2.29. The summed E-state index contributed by atoms with van der Waals surface area (Å²) in [4.78, 5) is 11.7. The number of aromatic nitrogens is 2. The summed E-state index contributed by atoms with van der Waals surface area (Å²) in [5, 5.41) is 6.60. The zero-order valence-electron chi connectivity index (χ0n) is 9.35. The van der Waals surface area contributed by atoms with E-state index in [-0.39, 0.29) is 5.56 Å². The van der Waals surface area contributed by atoms with Crippen molar-refractivity contribution in [3.63, 3.8) is 0 Å². The Balaban J connectivity index is 2.14. The fraction of sp³-hybridized carbons (Fsp3) is 0.167. The summed E-state index contributed by atoms with van der Waals surface area (Å²) in [6, 6.07) is 5.86. The molecule has 0 aliphatic rings. The third kappa shape index (κ3) is 2.50. The monoisotopic (exact) mass is 233 g/mol. The molecule has 4 nitrogen and oxygen atoms in total. The average molecular weight is 233 g/mol. The van der Waals surface area contributed by atoms with Gasteiger partial charge in [0.1, 0.15) is 5.82 Å². The minimum absolute atomic E-state index is 0.0248. The van der Waals surface area contributed by atoms with E-state index >= 15 is 0 Å². The van der Waals surface area contributed by atoms with Gasteiger partial charge < -0.3 is 5.32 Å². The van der Waals surface area contributed by atoms with Crippen LogP contribution in [-0.4, -0.2) is 15.7 Å². The molecule has 0 unspecified atom stereocenters. The lowest BCUT2D eigenvalue weighted by Crippen LogP contribution is -2.13. The molecule has 2 rings (SSSR count). The molecule has 1 aromatic carbocycles. The normalized spacial score (nSPS) is 10.2. The average Bonchev–Trinajstić information content (AvgIpc) is 2.77. The van der Waals surface area contributed by atoms with E-state index in [0.717, 1.165) is 6.54 Å². The van der Waals surface area contributed by atoms with Crippen molar-refractivity contribution in [3.05, 3.63) is 48.0 Å². The lowest BCUT2D eigenvalue weighted by molar-refractivity contribution is 0.102. The second kappa shape index (κ2) is 4.78. The highest BCUT2D eigenvalue weighted by atomic mass is 19.1. The topological polar surface area (TPSA) is 46.9 Å². The van der Waals surface area contributed by atoms with Gasteiger partial charge in [0.25, 0.3) is 5.91 Å². The van der Waals surface area contributed by atoms with Gasteiger partial charge in [-0.2, -0.15) is 5.10 Å². The summed E-state index contributed by atoms with van der Waals surface area (Å²) in [5.74, 6) is -1.01. The summed E-state index contributed by atoms with van der Waals surface area (Å²) in [6.07, 6.45) is 3.22. The Morgan fingerprint density at radius 2 is 2.24 bits per heavy atom. The molecule has 1 aromatic heterocycles. The molecule has 0 aliphatic carbocycles. The van der Waals surface area contributed by atoms with Gasteiger partial charge in [0.15, 0.2) is 0 Å². The standard InChI is InChI=1S/C12H12FN3O/c1-2-16-8-9(7-14-16)15-12(17)10-5-3-4-6-11(10)13/h3-8H,2H2,1H3,(H,15,17). The summed E-state index contributed by atoms with van der Waals surface area (Å²) < 4.78 is 15.0. The number of aryl methyl sites for hydroxylation is 1. The Bertz CT molecular complexity index is 536. The molecule has 0 bridgehead atoms. The second-order valence-corrected chi connectivity index (χ2v) is 3.52. The minimum atomic E-state index is -0.534. The van der Waals surface area contributed by atoms with Gasteiger partial charge in [0.2, 0.25) is 0 Å². The molecule has 17 heavy (non-hydrogen) atoms. The third-order valence-corrected chi connectivity index (χ3v) is 2.33. The van der Waals surface area contributed by atoms with Gasteiger partial charge >= 0.3 is 0 Å². The SMILES string of the molecule is CCn1cc(NC(=O)c2ccccc2F)cn1. The van der Waals surface area contributed by atoms with Crippen LogP contribution >= 0.6 is 0 Å². The van der Waals surface area contributed by atoms with E-state index < -0.39 is 11.7 Å².